The molecule has 0 radical (unpaired) electrons. The van der Waals surface area contributed by atoms with Gasteiger partial charge in [0, 0.05) is 25.2 Å². The predicted octanol–water partition coefficient (Wildman–Crippen LogP) is 0.810. The second-order valence-electron chi connectivity index (χ2n) is 3.42. The summed E-state index contributed by atoms with van der Waals surface area (Å²) >= 11 is 0. The molecular weight excluding hydrogens is 162 g/mol. The molecule has 0 bridgehead atoms. The van der Waals surface area contributed by atoms with Gasteiger partial charge in [-0.25, -0.2) is 0 Å². The van der Waals surface area contributed by atoms with Crippen LogP contribution in [0.25, 0.3) is 0 Å². The van der Waals surface area contributed by atoms with Crippen molar-refractivity contribution in [2.45, 2.75) is 19.6 Å². The lowest BCUT2D eigenvalue weighted by Gasteiger charge is -2.09. The average molecular weight is 177 g/mol. The van der Waals surface area contributed by atoms with Gasteiger partial charge in [0.05, 0.1) is 0 Å². The van der Waals surface area contributed by atoms with Crippen LogP contribution in [-0.2, 0) is 0 Å². The van der Waals surface area contributed by atoms with Crippen LogP contribution in [0.2, 0.25) is 0 Å². The van der Waals surface area contributed by atoms with Gasteiger partial charge in [-0.3, -0.25) is 15.6 Å². The Hall–Kier alpha value is -0.930. The van der Waals surface area contributed by atoms with Gasteiger partial charge in [0.1, 0.15) is 0 Å². The third-order valence-electron chi connectivity index (χ3n) is 2.27. The van der Waals surface area contributed by atoms with E-state index in [1.807, 2.05) is 0 Å². The molecule has 0 aromatic carbocycles. The lowest BCUT2D eigenvalue weighted by Crippen LogP contribution is -2.29. The summed E-state index contributed by atoms with van der Waals surface area (Å²) in [6, 6.07) is 0. The van der Waals surface area contributed by atoms with E-state index >= 15 is 0 Å². The van der Waals surface area contributed by atoms with Crippen LogP contribution in [0, 0.1) is 0 Å². The highest BCUT2D eigenvalue weighted by Crippen LogP contribution is 2.07. The highest BCUT2D eigenvalue weighted by molar-refractivity contribution is 5.97. The van der Waals surface area contributed by atoms with Gasteiger partial charge >= 0.3 is 0 Å². The number of rotatable bonds is 1. The van der Waals surface area contributed by atoms with Crippen molar-refractivity contribution in [3.05, 3.63) is 23.8 Å². The summed E-state index contributed by atoms with van der Waals surface area (Å²) in [5.74, 6) is 0. The van der Waals surface area contributed by atoms with Crippen molar-refractivity contribution in [1.29, 1.82) is 0 Å². The van der Waals surface area contributed by atoms with Gasteiger partial charge < -0.3 is 0 Å². The predicted molar refractivity (Wildman–Crippen MR) is 54.7 cm³/mol. The van der Waals surface area contributed by atoms with Crippen molar-refractivity contribution in [3.8, 4) is 0 Å². The average Bonchev–Trinajstić information content (AvgIpc) is 2.62. The van der Waals surface area contributed by atoms with Crippen LogP contribution in [-0.4, -0.2) is 25.1 Å². The van der Waals surface area contributed by atoms with Gasteiger partial charge in [0.15, 0.2) is 6.29 Å². The SMILES string of the molecule is CC1=CC/C(=N/C2NCCN2)C=C1. The minimum Gasteiger partial charge on any atom is -0.282 e. The zero-order valence-electron chi connectivity index (χ0n) is 7.88. The Labute approximate surface area is 78.6 Å². The lowest BCUT2D eigenvalue weighted by molar-refractivity contribution is 0.580. The Morgan fingerprint density at radius 3 is 2.69 bits per heavy atom. The summed E-state index contributed by atoms with van der Waals surface area (Å²) in [5, 5.41) is 6.52. The molecule has 0 spiro atoms. The molecule has 0 unspecified atom stereocenters. The van der Waals surface area contributed by atoms with E-state index in [0.29, 0.717) is 0 Å². The molecule has 1 heterocycles. The monoisotopic (exact) mass is 177 g/mol. The molecule has 0 atom stereocenters. The fourth-order valence-electron chi connectivity index (χ4n) is 1.47. The van der Waals surface area contributed by atoms with Crippen molar-refractivity contribution >= 4 is 5.71 Å². The standard InChI is InChI=1S/C10H15N3/c1-8-2-4-9(5-3-8)13-10-11-6-7-12-10/h2-4,10-12H,5-7H2,1H3/b13-9+. The highest BCUT2D eigenvalue weighted by atomic mass is 15.3. The quantitative estimate of drug-likeness (QED) is 0.622. The first-order chi connectivity index (χ1) is 6.34. The number of nitrogens with one attached hydrogen (secondary N) is 2. The smallest absolute Gasteiger partial charge is 0.153 e. The molecule has 13 heavy (non-hydrogen) atoms. The van der Waals surface area contributed by atoms with E-state index in [9.17, 15) is 0 Å². The second kappa shape index (κ2) is 3.85. The molecule has 0 saturated carbocycles. The Morgan fingerprint density at radius 2 is 2.08 bits per heavy atom. The van der Waals surface area contributed by atoms with Gasteiger partial charge in [-0.15, -0.1) is 0 Å². The lowest BCUT2D eigenvalue weighted by atomic mass is 10.1. The van der Waals surface area contributed by atoms with Crippen LogP contribution in [0.15, 0.2) is 28.8 Å². The van der Waals surface area contributed by atoms with Crippen LogP contribution in [0.1, 0.15) is 13.3 Å². The maximum absolute atomic E-state index is 4.53. The third kappa shape index (κ3) is 2.26. The fourth-order valence-corrected chi connectivity index (χ4v) is 1.47. The Morgan fingerprint density at radius 1 is 1.31 bits per heavy atom. The molecular formula is C10H15N3. The van der Waals surface area contributed by atoms with Crippen molar-refractivity contribution in [2.24, 2.45) is 4.99 Å². The van der Waals surface area contributed by atoms with Crippen molar-refractivity contribution in [3.63, 3.8) is 0 Å². The summed E-state index contributed by atoms with van der Waals surface area (Å²) in [6.07, 6.45) is 7.50. The summed E-state index contributed by atoms with van der Waals surface area (Å²) in [7, 11) is 0. The highest BCUT2D eigenvalue weighted by Gasteiger charge is 2.11. The molecule has 0 aromatic rings. The molecule has 1 aliphatic heterocycles. The van der Waals surface area contributed by atoms with Gasteiger partial charge in [-0.2, -0.15) is 0 Å². The number of allylic oxidation sites excluding steroid dienone is 4. The molecule has 3 heteroatoms. The number of hydrogen-bond acceptors (Lipinski definition) is 3. The van der Waals surface area contributed by atoms with E-state index in [1.54, 1.807) is 0 Å². The maximum atomic E-state index is 4.53. The number of nitrogens with zero attached hydrogens (tertiary/aromatic N) is 1. The molecule has 1 fully saturated rings. The topological polar surface area (TPSA) is 36.4 Å². The maximum Gasteiger partial charge on any atom is 0.153 e. The fraction of sp³-hybridized carbons (Fsp3) is 0.500. The summed E-state index contributed by atoms with van der Waals surface area (Å²) in [6.45, 7) is 4.14. The van der Waals surface area contributed by atoms with Crippen LogP contribution in [0.5, 0.6) is 0 Å². The number of aliphatic imine (C=N–C) groups is 1. The Balaban J connectivity index is 1.98. The summed E-state index contributed by atoms with van der Waals surface area (Å²) in [5.41, 5.74) is 2.48. The van der Waals surface area contributed by atoms with Crippen LogP contribution in [0.4, 0.5) is 0 Å². The Kier molecular flexibility index (Phi) is 2.57. The van der Waals surface area contributed by atoms with Crippen molar-refractivity contribution < 1.29 is 0 Å². The molecule has 1 saturated heterocycles. The van der Waals surface area contributed by atoms with Gasteiger partial charge in [0.2, 0.25) is 0 Å². The van der Waals surface area contributed by atoms with Gasteiger partial charge in [0.25, 0.3) is 0 Å². The first-order valence-electron chi connectivity index (χ1n) is 4.73. The normalized spacial score (nSPS) is 26.8. The van der Waals surface area contributed by atoms with Crippen LogP contribution >= 0.6 is 0 Å². The molecule has 1 aliphatic carbocycles. The van der Waals surface area contributed by atoms with E-state index in [-0.39, 0.29) is 6.29 Å². The summed E-state index contributed by atoms with van der Waals surface area (Å²) in [4.78, 5) is 4.53. The van der Waals surface area contributed by atoms with Gasteiger partial charge in [-0.05, 0) is 13.0 Å². The minimum absolute atomic E-state index is 0.131. The van der Waals surface area contributed by atoms with E-state index in [2.05, 4.69) is 40.8 Å². The number of hydrogen-bond donors (Lipinski definition) is 2. The van der Waals surface area contributed by atoms with E-state index in [4.69, 9.17) is 0 Å². The minimum atomic E-state index is 0.131. The zero-order chi connectivity index (χ0) is 9.10. The van der Waals surface area contributed by atoms with Crippen LogP contribution < -0.4 is 10.6 Å². The molecule has 2 rings (SSSR count). The largest absolute Gasteiger partial charge is 0.282 e. The van der Waals surface area contributed by atoms with E-state index in [1.165, 1.54) is 5.57 Å². The molecule has 0 amide bonds. The van der Waals surface area contributed by atoms with E-state index < -0.39 is 0 Å². The second-order valence-corrected chi connectivity index (χ2v) is 3.42. The first-order valence-corrected chi connectivity index (χ1v) is 4.73. The van der Waals surface area contributed by atoms with Gasteiger partial charge in [-0.1, -0.05) is 17.7 Å². The zero-order valence-corrected chi connectivity index (χ0v) is 7.88. The van der Waals surface area contributed by atoms with Crippen molar-refractivity contribution in [1.82, 2.24) is 10.6 Å². The van der Waals surface area contributed by atoms with Crippen molar-refractivity contribution in [2.75, 3.05) is 13.1 Å². The summed E-state index contributed by atoms with van der Waals surface area (Å²) < 4.78 is 0. The molecule has 3 nitrogen and oxygen atoms in total. The molecule has 0 aromatic heterocycles. The van der Waals surface area contributed by atoms with Crippen LogP contribution in [0.3, 0.4) is 0 Å². The molecule has 2 aliphatic rings. The molecule has 70 valence electrons. The molecule has 2 N–H and O–H groups in total. The third-order valence-corrected chi connectivity index (χ3v) is 2.27. The first kappa shape index (κ1) is 8.66. The Bertz CT molecular complexity index is 270. The van der Waals surface area contributed by atoms with E-state index in [0.717, 1.165) is 25.2 Å².